The second-order valence-electron chi connectivity index (χ2n) is 6.68. The zero-order valence-electron chi connectivity index (χ0n) is 14.9. The van der Waals surface area contributed by atoms with Crippen LogP contribution in [0.2, 0.25) is 0 Å². The van der Waals surface area contributed by atoms with Gasteiger partial charge in [-0.25, -0.2) is 4.57 Å². The molecule has 4 aromatic rings. The van der Waals surface area contributed by atoms with Crippen LogP contribution in [0.25, 0.3) is 27.8 Å². The Morgan fingerprint density at radius 2 is 1.62 bits per heavy atom. The van der Waals surface area contributed by atoms with E-state index in [1.807, 2.05) is 0 Å². The molecule has 0 N–H and O–H groups in total. The van der Waals surface area contributed by atoms with Crippen LogP contribution in [-0.4, -0.2) is 9.55 Å². The van der Waals surface area contributed by atoms with Crippen molar-refractivity contribution in [2.24, 2.45) is 7.05 Å². The van der Waals surface area contributed by atoms with E-state index < -0.39 is 0 Å². The van der Waals surface area contributed by atoms with Gasteiger partial charge in [-0.05, 0) is 44.9 Å². The normalized spacial score (nSPS) is 11.5. The van der Waals surface area contributed by atoms with E-state index in [1.54, 1.807) is 0 Å². The lowest BCUT2D eigenvalue weighted by molar-refractivity contribution is -0.668. The summed E-state index contributed by atoms with van der Waals surface area (Å²) in [5, 5.41) is 2.56. The van der Waals surface area contributed by atoms with E-state index in [9.17, 15) is 0 Å². The number of aryl methyl sites for hydroxylation is 5. The average molecular weight is 316 g/mol. The molecule has 0 saturated carbocycles. The summed E-state index contributed by atoms with van der Waals surface area (Å²) in [6, 6.07) is 13.0. The minimum Gasteiger partial charge on any atom is -0.237 e. The number of aromatic nitrogens is 3. The van der Waals surface area contributed by atoms with Crippen LogP contribution in [0.15, 0.2) is 42.6 Å². The van der Waals surface area contributed by atoms with E-state index in [1.165, 1.54) is 38.5 Å². The number of hydrogen-bond donors (Lipinski definition) is 0. The van der Waals surface area contributed by atoms with Crippen molar-refractivity contribution in [1.82, 2.24) is 9.55 Å². The van der Waals surface area contributed by atoms with Crippen LogP contribution >= 0.6 is 0 Å². The minimum absolute atomic E-state index is 0.956. The first kappa shape index (κ1) is 14.9. The predicted octanol–water partition coefficient (Wildman–Crippen LogP) is 4.24. The van der Waals surface area contributed by atoms with Crippen LogP contribution in [0.5, 0.6) is 0 Å². The molecule has 2 aromatic heterocycles. The van der Waals surface area contributed by atoms with Crippen LogP contribution in [-0.2, 0) is 7.05 Å². The highest BCUT2D eigenvalue weighted by atomic mass is 15.2. The van der Waals surface area contributed by atoms with E-state index in [0.717, 1.165) is 11.6 Å². The zero-order valence-corrected chi connectivity index (χ0v) is 14.9. The standard InChI is InChI=1S/C21H22N3/c1-13-10-11-18-17-8-6-7-9-19(17)24(20(18)15(13)3)21-22-16(4)14(2)12-23(21)5/h6-12H,1-5H3/q+1. The molecule has 0 aliphatic rings. The fourth-order valence-corrected chi connectivity index (χ4v) is 3.50. The number of rotatable bonds is 1. The van der Waals surface area contributed by atoms with Gasteiger partial charge in [0.2, 0.25) is 0 Å². The highest BCUT2D eigenvalue weighted by molar-refractivity contribution is 6.10. The summed E-state index contributed by atoms with van der Waals surface area (Å²) in [5.74, 6) is 0.956. The van der Waals surface area contributed by atoms with Gasteiger partial charge < -0.3 is 0 Å². The van der Waals surface area contributed by atoms with Gasteiger partial charge in [-0.1, -0.05) is 35.3 Å². The highest BCUT2D eigenvalue weighted by Gasteiger charge is 2.24. The van der Waals surface area contributed by atoms with Crippen LogP contribution in [0.3, 0.4) is 0 Å². The van der Waals surface area contributed by atoms with Gasteiger partial charge in [0.15, 0.2) is 0 Å². The van der Waals surface area contributed by atoms with Gasteiger partial charge in [0.25, 0.3) is 0 Å². The molecular weight excluding hydrogens is 294 g/mol. The Morgan fingerprint density at radius 3 is 2.42 bits per heavy atom. The fraction of sp³-hybridized carbons (Fsp3) is 0.238. The van der Waals surface area contributed by atoms with E-state index in [0.29, 0.717) is 0 Å². The topological polar surface area (TPSA) is 21.7 Å². The lowest BCUT2D eigenvalue weighted by Crippen LogP contribution is -2.36. The molecule has 0 amide bonds. The smallest absolute Gasteiger partial charge is 0.237 e. The number of fused-ring (bicyclic) bond motifs is 3. The van der Waals surface area contributed by atoms with Gasteiger partial charge in [-0.15, -0.1) is 0 Å². The second-order valence-corrected chi connectivity index (χ2v) is 6.68. The van der Waals surface area contributed by atoms with Crippen LogP contribution < -0.4 is 4.57 Å². The summed E-state index contributed by atoms with van der Waals surface area (Å²) in [5.41, 5.74) is 7.34. The first-order valence-corrected chi connectivity index (χ1v) is 8.32. The van der Waals surface area contributed by atoms with E-state index >= 15 is 0 Å². The Bertz CT molecular complexity index is 1100. The number of nitrogens with zero attached hydrogens (tertiary/aromatic N) is 3. The maximum Gasteiger partial charge on any atom is 0.404 e. The van der Waals surface area contributed by atoms with E-state index in [2.05, 4.69) is 86.5 Å². The van der Waals surface area contributed by atoms with E-state index in [4.69, 9.17) is 4.98 Å². The largest absolute Gasteiger partial charge is 0.404 e. The Balaban J connectivity index is 2.26. The number of hydrogen-bond acceptors (Lipinski definition) is 1. The van der Waals surface area contributed by atoms with Gasteiger partial charge in [-0.3, -0.25) is 0 Å². The first-order valence-electron chi connectivity index (χ1n) is 8.32. The molecule has 0 aliphatic heterocycles. The molecule has 0 spiro atoms. The van der Waals surface area contributed by atoms with Crippen molar-refractivity contribution in [3.8, 4) is 5.95 Å². The van der Waals surface area contributed by atoms with Crippen molar-refractivity contribution in [2.45, 2.75) is 27.7 Å². The predicted molar refractivity (Wildman–Crippen MR) is 98.7 cm³/mol. The summed E-state index contributed by atoms with van der Waals surface area (Å²) in [7, 11) is 2.07. The lowest BCUT2D eigenvalue weighted by Gasteiger charge is -2.07. The molecule has 2 heterocycles. The first-order chi connectivity index (χ1) is 11.5. The van der Waals surface area contributed by atoms with Gasteiger partial charge in [0.05, 0.1) is 13.2 Å². The molecule has 120 valence electrons. The third kappa shape index (κ3) is 1.97. The number of benzene rings is 2. The van der Waals surface area contributed by atoms with Crippen molar-refractivity contribution in [3.63, 3.8) is 0 Å². The van der Waals surface area contributed by atoms with Gasteiger partial charge in [-0.2, -0.15) is 4.57 Å². The Kier molecular flexibility index (Phi) is 3.20. The molecular formula is C21H22N3+. The molecule has 4 rings (SSSR count). The lowest BCUT2D eigenvalue weighted by atomic mass is 10.1. The Morgan fingerprint density at radius 1 is 0.875 bits per heavy atom. The van der Waals surface area contributed by atoms with Crippen molar-refractivity contribution in [1.29, 1.82) is 0 Å². The van der Waals surface area contributed by atoms with Crippen LogP contribution in [0, 0.1) is 27.7 Å². The molecule has 0 fully saturated rings. The van der Waals surface area contributed by atoms with Crippen LogP contribution in [0.1, 0.15) is 22.4 Å². The SMILES string of the molecule is Cc1c[n+](C)c(-n2c3ccccc3c3ccc(C)c(C)c32)nc1C. The molecule has 0 unspecified atom stereocenters. The molecule has 24 heavy (non-hydrogen) atoms. The summed E-state index contributed by atoms with van der Waals surface area (Å²) < 4.78 is 4.43. The van der Waals surface area contributed by atoms with Gasteiger partial charge in [0, 0.05) is 16.3 Å². The third-order valence-corrected chi connectivity index (χ3v) is 5.10. The quantitative estimate of drug-likeness (QED) is 0.481. The van der Waals surface area contributed by atoms with Crippen molar-refractivity contribution >= 4 is 21.8 Å². The number of para-hydroxylation sites is 1. The molecule has 0 radical (unpaired) electrons. The Labute approximate surface area is 142 Å². The molecule has 2 aromatic carbocycles. The summed E-state index contributed by atoms with van der Waals surface area (Å²) in [6.45, 7) is 8.55. The maximum atomic E-state index is 4.91. The monoisotopic (exact) mass is 316 g/mol. The maximum absolute atomic E-state index is 4.91. The van der Waals surface area contributed by atoms with Crippen molar-refractivity contribution in [3.05, 3.63) is 65.0 Å². The van der Waals surface area contributed by atoms with Gasteiger partial charge >= 0.3 is 5.95 Å². The molecule has 0 atom stereocenters. The van der Waals surface area contributed by atoms with Crippen molar-refractivity contribution in [2.75, 3.05) is 0 Å². The summed E-state index contributed by atoms with van der Waals surface area (Å²) in [4.78, 5) is 4.91. The molecule has 0 aliphatic carbocycles. The molecule has 3 heteroatoms. The minimum atomic E-state index is 0.956. The van der Waals surface area contributed by atoms with E-state index in [-0.39, 0.29) is 0 Å². The zero-order chi connectivity index (χ0) is 17.0. The second kappa shape index (κ2) is 5.17. The fourth-order valence-electron chi connectivity index (χ4n) is 3.50. The molecule has 0 saturated heterocycles. The summed E-state index contributed by atoms with van der Waals surface area (Å²) >= 11 is 0. The molecule has 3 nitrogen and oxygen atoms in total. The summed E-state index contributed by atoms with van der Waals surface area (Å²) in [6.07, 6.45) is 2.16. The average Bonchev–Trinajstić information content (AvgIpc) is 2.89. The highest BCUT2D eigenvalue weighted by Crippen LogP contribution is 2.33. The van der Waals surface area contributed by atoms with Gasteiger partial charge in [0.1, 0.15) is 16.7 Å². The Hall–Kier alpha value is -2.68. The van der Waals surface area contributed by atoms with Crippen molar-refractivity contribution < 1.29 is 4.57 Å². The third-order valence-electron chi connectivity index (χ3n) is 5.10. The molecule has 0 bridgehead atoms. The van der Waals surface area contributed by atoms with Crippen LogP contribution in [0.4, 0.5) is 0 Å².